The molecule has 1 heterocycles. The van der Waals surface area contributed by atoms with Gasteiger partial charge in [-0.3, -0.25) is 4.90 Å². The minimum atomic E-state index is 0.392. The van der Waals surface area contributed by atoms with Crippen molar-refractivity contribution in [2.24, 2.45) is 5.92 Å². The van der Waals surface area contributed by atoms with Crippen molar-refractivity contribution >= 4 is 0 Å². The molecule has 0 aromatic carbocycles. The fraction of sp³-hybridized carbons (Fsp3) is 1.00. The van der Waals surface area contributed by atoms with E-state index < -0.39 is 0 Å². The van der Waals surface area contributed by atoms with E-state index in [2.05, 4.69) is 44.4 Å². The first-order valence-electron chi connectivity index (χ1n) is 10.6. The molecule has 1 saturated carbocycles. The summed E-state index contributed by atoms with van der Waals surface area (Å²) in [4.78, 5) is 5.35. The van der Waals surface area contributed by atoms with E-state index in [4.69, 9.17) is 4.74 Å². The lowest BCUT2D eigenvalue weighted by Gasteiger charge is -2.44. The van der Waals surface area contributed by atoms with Crippen LogP contribution in [0.3, 0.4) is 0 Å². The van der Waals surface area contributed by atoms with E-state index in [9.17, 15) is 0 Å². The van der Waals surface area contributed by atoms with Crippen LogP contribution in [-0.4, -0.2) is 60.3 Å². The van der Waals surface area contributed by atoms with Crippen LogP contribution in [-0.2, 0) is 4.74 Å². The van der Waals surface area contributed by atoms with Crippen LogP contribution in [0.2, 0.25) is 0 Å². The third kappa shape index (κ3) is 6.31. The topological polar surface area (TPSA) is 15.7 Å². The van der Waals surface area contributed by atoms with Gasteiger partial charge in [0.05, 0.1) is 12.2 Å². The number of hydrogen-bond acceptors (Lipinski definition) is 3. The van der Waals surface area contributed by atoms with Gasteiger partial charge < -0.3 is 9.64 Å². The Hall–Kier alpha value is -0.120. The SMILES string of the molecule is CCN1CC(C)N(CCCCC2CCC(OC(C)C)CC2)C(C)C1. The Morgan fingerprint density at radius 3 is 2.12 bits per heavy atom. The molecule has 2 unspecified atom stereocenters. The Morgan fingerprint density at radius 1 is 0.958 bits per heavy atom. The maximum absolute atomic E-state index is 5.98. The predicted molar refractivity (Wildman–Crippen MR) is 104 cm³/mol. The average Bonchev–Trinajstić information content (AvgIpc) is 2.54. The quantitative estimate of drug-likeness (QED) is 0.604. The molecule has 1 aliphatic heterocycles. The van der Waals surface area contributed by atoms with E-state index in [1.54, 1.807) is 0 Å². The Balaban J connectivity index is 1.58. The molecule has 3 nitrogen and oxygen atoms in total. The fourth-order valence-corrected chi connectivity index (χ4v) is 4.83. The molecule has 2 atom stereocenters. The minimum Gasteiger partial charge on any atom is -0.376 e. The summed E-state index contributed by atoms with van der Waals surface area (Å²) in [6, 6.07) is 1.44. The fourth-order valence-electron chi connectivity index (χ4n) is 4.83. The van der Waals surface area contributed by atoms with E-state index in [1.165, 1.54) is 71.1 Å². The monoisotopic (exact) mass is 338 g/mol. The van der Waals surface area contributed by atoms with Gasteiger partial charge in [0.2, 0.25) is 0 Å². The van der Waals surface area contributed by atoms with Gasteiger partial charge in [-0.2, -0.15) is 0 Å². The summed E-state index contributed by atoms with van der Waals surface area (Å²) in [6.07, 6.45) is 10.5. The van der Waals surface area contributed by atoms with Crippen molar-refractivity contribution in [3.8, 4) is 0 Å². The first kappa shape index (κ1) is 20.2. The van der Waals surface area contributed by atoms with Crippen LogP contribution in [0.4, 0.5) is 0 Å². The highest BCUT2D eigenvalue weighted by Crippen LogP contribution is 2.30. The molecule has 142 valence electrons. The van der Waals surface area contributed by atoms with Gasteiger partial charge in [-0.15, -0.1) is 0 Å². The number of piperazine rings is 1. The molecule has 0 aromatic heterocycles. The summed E-state index contributed by atoms with van der Waals surface area (Å²) in [5, 5.41) is 0. The molecule has 0 amide bonds. The van der Waals surface area contributed by atoms with Crippen molar-refractivity contribution in [3.05, 3.63) is 0 Å². The van der Waals surface area contributed by atoms with Crippen LogP contribution in [0.25, 0.3) is 0 Å². The zero-order valence-electron chi connectivity index (χ0n) is 17.0. The van der Waals surface area contributed by atoms with Crippen molar-refractivity contribution in [1.29, 1.82) is 0 Å². The smallest absolute Gasteiger partial charge is 0.0578 e. The molecule has 1 saturated heterocycles. The van der Waals surface area contributed by atoms with Gasteiger partial charge in [-0.05, 0) is 78.8 Å². The lowest BCUT2D eigenvalue weighted by Crippen LogP contribution is -2.56. The van der Waals surface area contributed by atoms with Crippen LogP contribution in [0, 0.1) is 5.92 Å². The molecule has 2 rings (SSSR count). The second kappa shape index (κ2) is 10.1. The molecule has 3 heteroatoms. The van der Waals surface area contributed by atoms with E-state index >= 15 is 0 Å². The standard InChI is InChI=1S/C21H42N2O/c1-6-22-15-18(4)23(19(5)16-22)14-8-7-9-20-10-12-21(13-11-20)24-17(2)3/h17-21H,6-16H2,1-5H3. The molecule has 0 bridgehead atoms. The van der Waals surface area contributed by atoms with Gasteiger partial charge in [0.1, 0.15) is 0 Å². The van der Waals surface area contributed by atoms with Crippen LogP contribution < -0.4 is 0 Å². The Labute approximate surface area is 151 Å². The van der Waals surface area contributed by atoms with Gasteiger partial charge in [-0.1, -0.05) is 19.8 Å². The van der Waals surface area contributed by atoms with Gasteiger partial charge in [0, 0.05) is 25.2 Å². The van der Waals surface area contributed by atoms with Crippen LogP contribution >= 0.6 is 0 Å². The summed E-state index contributed by atoms with van der Waals surface area (Å²) in [5.74, 6) is 0.962. The lowest BCUT2D eigenvalue weighted by molar-refractivity contribution is -0.0204. The third-order valence-corrected chi connectivity index (χ3v) is 6.16. The zero-order chi connectivity index (χ0) is 17.5. The van der Waals surface area contributed by atoms with E-state index in [-0.39, 0.29) is 0 Å². The Bertz CT molecular complexity index is 327. The molecule has 0 aromatic rings. The van der Waals surface area contributed by atoms with E-state index in [1.807, 2.05) is 0 Å². The van der Waals surface area contributed by atoms with Crippen LogP contribution in [0.5, 0.6) is 0 Å². The first-order chi connectivity index (χ1) is 11.5. The van der Waals surface area contributed by atoms with E-state index in [0.717, 1.165) is 18.0 Å². The van der Waals surface area contributed by atoms with Crippen molar-refractivity contribution in [1.82, 2.24) is 9.80 Å². The number of unbranched alkanes of at least 4 members (excludes halogenated alkanes) is 1. The first-order valence-corrected chi connectivity index (χ1v) is 10.6. The number of rotatable bonds is 8. The molecule has 2 fully saturated rings. The molecule has 2 aliphatic rings. The third-order valence-electron chi connectivity index (χ3n) is 6.16. The minimum absolute atomic E-state index is 0.392. The summed E-state index contributed by atoms with van der Waals surface area (Å²) in [6.45, 7) is 16.4. The Kier molecular flexibility index (Phi) is 8.53. The average molecular weight is 339 g/mol. The second-order valence-corrected chi connectivity index (χ2v) is 8.61. The summed E-state index contributed by atoms with van der Waals surface area (Å²) in [5.41, 5.74) is 0. The second-order valence-electron chi connectivity index (χ2n) is 8.61. The molecule has 0 radical (unpaired) electrons. The zero-order valence-corrected chi connectivity index (χ0v) is 17.0. The van der Waals surface area contributed by atoms with Gasteiger partial charge >= 0.3 is 0 Å². The van der Waals surface area contributed by atoms with Gasteiger partial charge in [0.25, 0.3) is 0 Å². The number of likely N-dealkylation sites (N-methyl/N-ethyl adjacent to an activating group) is 1. The van der Waals surface area contributed by atoms with Crippen molar-refractivity contribution in [2.45, 2.75) is 104 Å². The molecule has 24 heavy (non-hydrogen) atoms. The normalized spacial score (nSPS) is 33.2. The van der Waals surface area contributed by atoms with E-state index in [0.29, 0.717) is 12.2 Å². The summed E-state index contributed by atoms with van der Waals surface area (Å²) in [7, 11) is 0. The molecular formula is C21H42N2O. The molecule has 0 spiro atoms. The molecule has 1 aliphatic carbocycles. The van der Waals surface area contributed by atoms with Crippen molar-refractivity contribution in [3.63, 3.8) is 0 Å². The lowest BCUT2D eigenvalue weighted by atomic mass is 9.84. The molecule has 0 N–H and O–H groups in total. The van der Waals surface area contributed by atoms with Gasteiger partial charge in [-0.25, -0.2) is 0 Å². The summed E-state index contributed by atoms with van der Waals surface area (Å²) < 4.78 is 5.98. The van der Waals surface area contributed by atoms with Crippen LogP contribution in [0.1, 0.15) is 79.6 Å². The summed E-state index contributed by atoms with van der Waals surface area (Å²) >= 11 is 0. The predicted octanol–water partition coefficient (Wildman–Crippen LogP) is 4.56. The highest BCUT2D eigenvalue weighted by molar-refractivity contribution is 4.84. The Morgan fingerprint density at radius 2 is 1.58 bits per heavy atom. The number of ether oxygens (including phenoxy) is 1. The number of nitrogens with zero attached hydrogens (tertiary/aromatic N) is 2. The maximum atomic E-state index is 5.98. The highest BCUT2D eigenvalue weighted by atomic mass is 16.5. The van der Waals surface area contributed by atoms with Gasteiger partial charge in [0.15, 0.2) is 0 Å². The largest absolute Gasteiger partial charge is 0.376 e. The van der Waals surface area contributed by atoms with Crippen LogP contribution in [0.15, 0.2) is 0 Å². The molecular weight excluding hydrogens is 296 g/mol. The number of hydrogen-bond donors (Lipinski definition) is 0. The highest BCUT2D eigenvalue weighted by Gasteiger charge is 2.28. The van der Waals surface area contributed by atoms with Crippen molar-refractivity contribution < 1.29 is 4.74 Å². The van der Waals surface area contributed by atoms with Crippen molar-refractivity contribution in [2.75, 3.05) is 26.2 Å². The maximum Gasteiger partial charge on any atom is 0.0578 e.